The highest BCUT2D eigenvalue weighted by molar-refractivity contribution is 8.00. The minimum atomic E-state index is -2.72. The first-order valence-electron chi connectivity index (χ1n) is 13.2. The van der Waals surface area contributed by atoms with Crippen LogP contribution < -0.4 is 26.7 Å². The summed E-state index contributed by atoms with van der Waals surface area (Å²) in [6, 6.07) is -0.516. The van der Waals surface area contributed by atoms with E-state index in [-0.39, 0.29) is 58.0 Å². The molecule has 5 aliphatic heterocycles. The number of thioether (sulfide) groups is 1. The maximum atomic E-state index is 13.5. The molecule has 14 heteroatoms. The Balaban J connectivity index is 1.16. The van der Waals surface area contributed by atoms with E-state index in [0.717, 1.165) is 17.9 Å². The lowest BCUT2D eigenvalue weighted by Crippen LogP contribution is -2.57. The van der Waals surface area contributed by atoms with E-state index in [1.54, 1.807) is 23.8 Å². The van der Waals surface area contributed by atoms with Gasteiger partial charge in [0.15, 0.2) is 0 Å². The Morgan fingerprint density at radius 1 is 1.16 bits per heavy atom. The second kappa shape index (κ2) is 11.7. The van der Waals surface area contributed by atoms with E-state index >= 15 is 0 Å². The number of carbonyl (C=O) groups excluding carboxylic acids is 2. The average molecular weight is 566 g/mol. The monoisotopic (exact) mass is 565 g/mol. The van der Waals surface area contributed by atoms with Crippen molar-refractivity contribution in [1.82, 2.24) is 36.6 Å². The Kier molecular flexibility index (Phi) is 8.81. The lowest BCUT2D eigenvalue weighted by molar-refractivity contribution is -0.144. The van der Waals surface area contributed by atoms with Gasteiger partial charge in [0.05, 0.1) is 17.5 Å². The van der Waals surface area contributed by atoms with Gasteiger partial charge in [-0.05, 0) is 38.0 Å². The van der Waals surface area contributed by atoms with E-state index in [2.05, 4.69) is 33.6 Å². The van der Waals surface area contributed by atoms with Crippen molar-refractivity contribution in [2.75, 3.05) is 39.8 Å². The summed E-state index contributed by atoms with van der Waals surface area (Å²) in [5, 5.41) is 14.2. The molecule has 5 fully saturated rings. The molecule has 2 amide bonds. The molecule has 5 heterocycles. The summed E-state index contributed by atoms with van der Waals surface area (Å²) in [6.45, 7) is 2.00. The van der Waals surface area contributed by atoms with Gasteiger partial charge in [-0.3, -0.25) is 20.2 Å². The number of alkyl halides is 3. The van der Waals surface area contributed by atoms with Crippen molar-refractivity contribution in [3.8, 4) is 0 Å². The number of rotatable bonds is 6. The van der Waals surface area contributed by atoms with E-state index in [1.807, 2.05) is 0 Å². The molecule has 0 bridgehead atoms. The van der Waals surface area contributed by atoms with Gasteiger partial charge in [0, 0.05) is 57.2 Å². The lowest BCUT2D eigenvalue weighted by Gasteiger charge is -2.45. The standard InChI is InChI=1S/C23H38ClF2N7O3S/c1-11-5-12(13-6-19(24)28-8-17(13)36-2)14(7-27-11)20(34)31-23-30-15-9-32(10-18(15)37-23)21(35)16-3-4-29-33(16)22(25)26/h11-19,22-23,27-30H,3-10H2,1-2H3,(H,31,34). The van der Waals surface area contributed by atoms with E-state index < -0.39 is 12.6 Å². The largest absolute Gasteiger partial charge is 0.380 e. The van der Waals surface area contributed by atoms with Crippen LogP contribution in [-0.2, 0) is 14.3 Å². The number of nitrogens with zero attached hydrogens (tertiary/aromatic N) is 2. The number of amides is 2. The van der Waals surface area contributed by atoms with Crippen molar-refractivity contribution in [2.24, 2.45) is 17.8 Å². The Morgan fingerprint density at radius 3 is 2.70 bits per heavy atom. The van der Waals surface area contributed by atoms with Gasteiger partial charge in [0.25, 0.3) is 0 Å². The van der Waals surface area contributed by atoms with E-state index in [4.69, 9.17) is 16.3 Å². The minimum Gasteiger partial charge on any atom is -0.380 e. The Labute approximate surface area is 225 Å². The number of hydrogen-bond acceptors (Lipinski definition) is 9. The maximum absolute atomic E-state index is 13.5. The van der Waals surface area contributed by atoms with Crippen LogP contribution in [0.3, 0.4) is 0 Å². The Bertz CT molecular complexity index is 836. The molecule has 0 aliphatic carbocycles. The summed E-state index contributed by atoms with van der Waals surface area (Å²) in [7, 11) is 1.72. The molecule has 10 unspecified atom stereocenters. The van der Waals surface area contributed by atoms with Crippen LogP contribution in [0.5, 0.6) is 0 Å². The number of ether oxygens (including phenoxy) is 1. The first-order chi connectivity index (χ1) is 17.7. The average Bonchev–Trinajstić information content (AvgIpc) is 3.59. The second-order valence-electron chi connectivity index (χ2n) is 10.8. The topological polar surface area (TPSA) is 110 Å². The van der Waals surface area contributed by atoms with Crippen molar-refractivity contribution >= 4 is 35.2 Å². The summed E-state index contributed by atoms with van der Waals surface area (Å²) in [5.41, 5.74) is 2.22. The number of hydrazine groups is 1. The molecule has 10 nitrogen and oxygen atoms in total. The fraction of sp³-hybridized carbons (Fsp3) is 0.913. The van der Waals surface area contributed by atoms with Gasteiger partial charge in [0.2, 0.25) is 11.8 Å². The number of carbonyl (C=O) groups is 2. The molecule has 0 aromatic heterocycles. The number of hydrogen-bond donors (Lipinski definition) is 5. The van der Waals surface area contributed by atoms with E-state index in [9.17, 15) is 18.4 Å². The van der Waals surface area contributed by atoms with Gasteiger partial charge in [-0.1, -0.05) is 0 Å². The zero-order chi connectivity index (χ0) is 26.3. The van der Waals surface area contributed by atoms with Crippen LogP contribution in [0.4, 0.5) is 8.78 Å². The van der Waals surface area contributed by atoms with Gasteiger partial charge in [-0.2, -0.15) is 13.8 Å². The number of fused-ring (bicyclic) bond motifs is 1. The van der Waals surface area contributed by atoms with Gasteiger partial charge >= 0.3 is 6.55 Å². The van der Waals surface area contributed by atoms with Crippen LogP contribution in [0.15, 0.2) is 0 Å². The molecule has 5 aliphatic rings. The molecule has 10 atom stereocenters. The number of halogens is 3. The summed E-state index contributed by atoms with van der Waals surface area (Å²) in [5.74, 6) is -0.111. The number of nitrogens with one attached hydrogen (secondary N) is 5. The molecule has 0 saturated carbocycles. The van der Waals surface area contributed by atoms with Crippen molar-refractivity contribution in [2.45, 2.75) is 73.2 Å². The third-order valence-corrected chi connectivity index (χ3v) is 10.3. The Hall–Kier alpha value is -0.800. The first-order valence-corrected chi connectivity index (χ1v) is 14.6. The highest BCUT2D eigenvalue weighted by Gasteiger charge is 2.48. The van der Waals surface area contributed by atoms with Gasteiger partial charge < -0.3 is 20.3 Å². The van der Waals surface area contributed by atoms with Crippen LogP contribution in [0.25, 0.3) is 0 Å². The molecule has 0 aromatic carbocycles. The van der Waals surface area contributed by atoms with Crippen LogP contribution in [0, 0.1) is 17.8 Å². The molecule has 5 saturated heterocycles. The fourth-order valence-corrected chi connectivity index (χ4v) is 8.39. The van der Waals surface area contributed by atoms with Crippen molar-refractivity contribution in [3.05, 3.63) is 0 Å². The minimum absolute atomic E-state index is 0.00594. The van der Waals surface area contributed by atoms with Gasteiger partial charge in [-0.15, -0.1) is 23.4 Å². The summed E-state index contributed by atoms with van der Waals surface area (Å²) < 4.78 is 32.2. The van der Waals surface area contributed by atoms with Crippen LogP contribution in [0.1, 0.15) is 26.2 Å². The third-order valence-electron chi connectivity index (χ3n) is 8.59. The summed E-state index contributed by atoms with van der Waals surface area (Å²) in [6.07, 6.45) is 2.02. The van der Waals surface area contributed by atoms with E-state index in [1.165, 1.54) is 0 Å². The van der Waals surface area contributed by atoms with Crippen LogP contribution in [-0.4, -0.2) is 109 Å². The quantitative estimate of drug-likeness (QED) is 0.223. The smallest absolute Gasteiger partial charge is 0.307 e. The fourth-order valence-electron chi connectivity index (χ4n) is 6.68. The zero-order valence-corrected chi connectivity index (χ0v) is 22.7. The molecule has 210 valence electrons. The predicted octanol–water partition coefficient (Wildman–Crippen LogP) is -0.0929. The summed E-state index contributed by atoms with van der Waals surface area (Å²) in [4.78, 5) is 28.1. The number of methoxy groups -OCH3 is 1. The SMILES string of the molecule is COC1CNC(Cl)CC1C1CC(C)NCC1C(=O)NC1NC2CN(C(=O)C3CCNN3C(F)F)CC2S1. The van der Waals surface area contributed by atoms with E-state index in [0.29, 0.717) is 45.2 Å². The molecule has 0 aromatic rings. The molecule has 37 heavy (non-hydrogen) atoms. The molecule has 5 N–H and O–H groups in total. The third kappa shape index (κ3) is 5.88. The van der Waals surface area contributed by atoms with Gasteiger partial charge in [-0.25, -0.2) is 5.43 Å². The highest BCUT2D eigenvalue weighted by atomic mass is 35.5. The van der Waals surface area contributed by atoms with Crippen molar-refractivity contribution < 1.29 is 23.1 Å². The van der Waals surface area contributed by atoms with Crippen LogP contribution in [0.2, 0.25) is 0 Å². The maximum Gasteiger partial charge on any atom is 0.307 e. The molecule has 0 spiro atoms. The number of likely N-dealkylation sites (tertiary alicyclic amines) is 1. The van der Waals surface area contributed by atoms with Crippen LogP contribution >= 0.6 is 23.4 Å². The molecule has 5 rings (SSSR count). The van der Waals surface area contributed by atoms with Gasteiger partial charge in [0.1, 0.15) is 11.5 Å². The molecular formula is C23H38ClF2N7O3S. The normalized spacial score (nSPS) is 42.8. The Morgan fingerprint density at radius 2 is 1.97 bits per heavy atom. The molecule has 0 radical (unpaired) electrons. The number of piperidine rings is 2. The highest BCUT2D eigenvalue weighted by Crippen LogP contribution is 2.38. The van der Waals surface area contributed by atoms with Crippen molar-refractivity contribution in [1.29, 1.82) is 0 Å². The first kappa shape index (κ1) is 27.8. The van der Waals surface area contributed by atoms with Crippen molar-refractivity contribution in [3.63, 3.8) is 0 Å². The lowest BCUT2D eigenvalue weighted by atomic mass is 9.70. The summed E-state index contributed by atoms with van der Waals surface area (Å²) >= 11 is 8.04. The second-order valence-corrected chi connectivity index (χ2v) is 12.7. The zero-order valence-electron chi connectivity index (χ0n) is 21.2. The molecular weight excluding hydrogens is 528 g/mol. The predicted molar refractivity (Wildman–Crippen MR) is 137 cm³/mol.